The van der Waals surface area contributed by atoms with Gasteiger partial charge in [0, 0.05) is 22.7 Å². The summed E-state index contributed by atoms with van der Waals surface area (Å²) in [5, 5.41) is 3.97. The first-order valence-electron chi connectivity index (χ1n) is 12.0. The van der Waals surface area contributed by atoms with E-state index in [0.717, 1.165) is 61.7 Å². The number of aromatic nitrogens is 4. The van der Waals surface area contributed by atoms with Gasteiger partial charge in [0.2, 0.25) is 0 Å². The molecule has 3 aromatic carbocycles. The van der Waals surface area contributed by atoms with Crippen LogP contribution < -0.4 is 10.5 Å². The average molecular weight is 479 g/mol. The van der Waals surface area contributed by atoms with E-state index in [4.69, 9.17) is 14.2 Å². The smallest absolute Gasteiger partial charge is 0.439 e. The Kier molecular flexibility index (Phi) is 5.14. The Morgan fingerprint density at radius 1 is 1.08 bits per heavy atom. The van der Waals surface area contributed by atoms with Crippen LogP contribution in [0.1, 0.15) is 60.6 Å². The molecule has 0 atom stereocenters. The van der Waals surface area contributed by atoms with Crippen molar-refractivity contribution in [2.75, 3.05) is 0 Å². The molecule has 0 unspecified atom stereocenters. The van der Waals surface area contributed by atoms with Gasteiger partial charge in [-0.05, 0) is 66.4 Å². The minimum absolute atomic E-state index is 0.251. The van der Waals surface area contributed by atoms with Gasteiger partial charge in [-0.1, -0.05) is 49.3 Å². The molecule has 0 bridgehead atoms. The Morgan fingerprint density at radius 2 is 1.92 bits per heavy atom. The summed E-state index contributed by atoms with van der Waals surface area (Å²) < 4.78 is 13.4. The zero-order valence-electron chi connectivity index (χ0n) is 20.6. The second-order valence-corrected chi connectivity index (χ2v) is 9.47. The fraction of sp³-hybridized carbons (Fsp3) is 0.207. The first kappa shape index (κ1) is 22.1. The van der Waals surface area contributed by atoms with Crippen LogP contribution >= 0.6 is 0 Å². The highest BCUT2D eigenvalue weighted by Gasteiger charge is 2.25. The predicted molar refractivity (Wildman–Crippen MR) is 139 cm³/mol. The van der Waals surface area contributed by atoms with Crippen LogP contribution in [-0.4, -0.2) is 19.7 Å². The van der Waals surface area contributed by atoms with E-state index in [1.807, 2.05) is 37.3 Å². The monoisotopic (exact) mass is 478 g/mol. The van der Waals surface area contributed by atoms with E-state index >= 15 is 0 Å². The normalized spacial score (nSPS) is 14.4. The van der Waals surface area contributed by atoms with E-state index < -0.39 is 5.76 Å². The Bertz CT molecular complexity index is 1720. The highest BCUT2D eigenvalue weighted by Crippen LogP contribution is 2.42. The Hall–Kier alpha value is -4.39. The zero-order chi connectivity index (χ0) is 25.0. The fourth-order valence-electron chi connectivity index (χ4n) is 5.06. The van der Waals surface area contributed by atoms with Crippen molar-refractivity contribution < 1.29 is 9.26 Å². The van der Waals surface area contributed by atoms with E-state index in [9.17, 15) is 4.79 Å². The number of hydrogen-bond acceptors (Lipinski definition) is 5. The molecule has 0 aliphatic carbocycles. The van der Waals surface area contributed by atoms with Crippen molar-refractivity contribution in [3.63, 3.8) is 0 Å². The zero-order valence-corrected chi connectivity index (χ0v) is 20.6. The second-order valence-electron chi connectivity index (χ2n) is 9.47. The third kappa shape index (κ3) is 3.47. The number of aryl methyl sites for hydroxylation is 1. The molecule has 0 saturated heterocycles. The van der Waals surface area contributed by atoms with E-state index in [2.05, 4.69) is 65.8 Å². The number of hydrogen-bond donors (Lipinski definition) is 1. The largest absolute Gasteiger partial charge is 0.488 e. The maximum absolute atomic E-state index is 11.7. The van der Waals surface area contributed by atoms with Crippen LogP contribution in [0.15, 0.2) is 70.0 Å². The molecule has 5 aromatic rings. The maximum Gasteiger partial charge on any atom is 0.439 e. The van der Waals surface area contributed by atoms with Crippen molar-refractivity contribution in [3.05, 3.63) is 105 Å². The number of aromatic amines is 1. The Balaban J connectivity index is 1.62. The average Bonchev–Trinajstić information content (AvgIpc) is 3.44. The molecule has 1 N–H and O–H groups in total. The summed E-state index contributed by atoms with van der Waals surface area (Å²) in [6.07, 6.45) is 0. The molecule has 0 saturated carbocycles. The number of benzene rings is 3. The minimum atomic E-state index is -0.580. The number of allylic oxidation sites excluding steroid dienone is 1. The van der Waals surface area contributed by atoms with Crippen molar-refractivity contribution in [1.29, 1.82) is 0 Å². The first-order chi connectivity index (χ1) is 17.4. The van der Waals surface area contributed by atoms with Crippen molar-refractivity contribution in [2.45, 2.75) is 40.2 Å². The first-order valence-corrected chi connectivity index (χ1v) is 12.0. The number of para-hydroxylation sites is 2. The van der Waals surface area contributed by atoms with Crippen molar-refractivity contribution in [2.24, 2.45) is 0 Å². The van der Waals surface area contributed by atoms with Gasteiger partial charge in [0.25, 0.3) is 0 Å². The van der Waals surface area contributed by atoms with Crippen LogP contribution in [0.2, 0.25) is 0 Å². The lowest BCUT2D eigenvalue weighted by Crippen LogP contribution is -2.05. The number of imidazole rings is 1. The van der Waals surface area contributed by atoms with E-state index in [1.165, 1.54) is 0 Å². The van der Waals surface area contributed by atoms with Crippen molar-refractivity contribution in [1.82, 2.24) is 19.7 Å². The molecule has 0 amide bonds. The topological polar surface area (TPSA) is 85.9 Å². The Morgan fingerprint density at radius 3 is 2.69 bits per heavy atom. The molecule has 180 valence electrons. The lowest BCUT2D eigenvalue weighted by Gasteiger charge is -2.17. The van der Waals surface area contributed by atoms with Crippen LogP contribution in [0.5, 0.6) is 5.75 Å². The maximum atomic E-state index is 11.7. The standard InChI is InChI=1S/C29H26N4O3/c1-16(2)28-30-22-9-5-6-10-23(22)33(28)20-12-13-21-19(14-20)15-35-24-11-7-8-17(3)25(24)26(21)18(4)27-31-29(34)36-32-27/h5-14,16H,15H2,1-4H3,(H,31,32,34)/b26-18+. The van der Waals surface area contributed by atoms with Crippen LogP contribution in [0.3, 0.4) is 0 Å². The van der Waals surface area contributed by atoms with Gasteiger partial charge in [0.05, 0.1) is 11.0 Å². The molecule has 2 aromatic heterocycles. The molecule has 36 heavy (non-hydrogen) atoms. The number of nitrogens with zero attached hydrogens (tertiary/aromatic N) is 3. The summed E-state index contributed by atoms with van der Waals surface area (Å²) in [6.45, 7) is 8.74. The van der Waals surface area contributed by atoms with E-state index in [1.54, 1.807) is 0 Å². The second kappa shape index (κ2) is 8.37. The fourth-order valence-corrected chi connectivity index (χ4v) is 5.06. The van der Waals surface area contributed by atoms with Gasteiger partial charge < -0.3 is 4.74 Å². The van der Waals surface area contributed by atoms with Crippen LogP contribution in [0, 0.1) is 6.92 Å². The van der Waals surface area contributed by atoms with Gasteiger partial charge in [-0.2, -0.15) is 0 Å². The summed E-state index contributed by atoms with van der Waals surface area (Å²) in [6, 6.07) is 20.7. The molecule has 7 nitrogen and oxygen atoms in total. The number of H-pyrrole nitrogens is 1. The molecule has 6 rings (SSSR count). The van der Waals surface area contributed by atoms with Crippen LogP contribution in [0.4, 0.5) is 0 Å². The highest BCUT2D eigenvalue weighted by molar-refractivity contribution is 6.00. The number of nitrogens with one attached hydrogen (secondary N) is 1. The lowest BCUT2D eigenvalue weighted by molar-refractivity contribution is 0.307. The quantitative estimate of drug-likeness (QED) is 0.343. The number of ether oxygens (including phenoxy) is 1. The summed E-state index contributed by atoms with van der Waals surface area (Å²) in [5.74, 6) is 1.88. The third-order valence-electron chi connectivity index (χ3n) is 6.76. The number of rotatable bonds is 3. The summed E-state index contributed by atoms with van der Waals surface area (Å²) >= 11 is 0. The molecular weight excluding hydrogens is 452 g/mol. The highest BCUT2D eigenvalue weighted by atomic mass is 16.5. The summed E-state index contributed by atoms with van der Waals surface area (Å²) in [4.78, 5) is 19.4. The molecule has 3 heterocycles. The molecule has 1 aliphatic heterocycles. The molecule has 0 spiro atoms. The van der Waals surface area contributed by atoms with Gasteiger partial charge >= 0.3 is 5.76 Å². The van der Waals surface area contributed by atoms with Gasteiger partial charge in [-0.15, -0.1) is 0 Å². The summed E-state index contributed by atoms with van der Waals surface area (Å²) in [5.41, 5.74) is 8.99. The van der Waals surface area contributed by atoms with Gasteiger partial charge in [-0.3, -0.25) is 14.1 Å². The molecule has 0 radical (unpaired) electrons. The van der Waals surface area contributed by atoms with Gasteiger partial charge in [0.15, 0.2) is 5.82 Å². The Labute approximate surface area is 208 Å². The molecule has 0 fully saturated rings. The molecule has 1 aliphatic rings. The lowest BCUT2D eigenvalue weighted by atomic mass is 9.88. The van der Waals surface area contributed by atoms with E-state index in [0.29, 0.717) is 12.4 Å². The van der Waals surface area contributed by atoms with Gasteiger partial charge in [0.1, 0.15) is 18.2 Å². The van der Waals surface area contributed by atoms with Crippen LogP contribution in [-0.2, 0) is 6.61 Å². The number of fused-ring (bicyclic) bond motifs is 3. The van der Waals surface area contributed by atoms with Crippen LogP contribution in [0.25, 0.3) is 27.9 Å². The predicted octanol–water partition coefficient (Wildman–Crippen LogP) is 6.01. The minimum Gasteiger partial charge on any atom is -0.488 e. The SMILES string of the molecule is C/C(=C1/c2ccc(-n3c(C(C)C)nc4ccccc43)cc2COc2cccc(C)c21)c1noc(=O)[nH]1. The third-order valence-corrected chi connectivity index (χ3v) is 6.76. The van der Waals surface area contributed by atoms with Crippen molar-refractivity contribution in [3.8, 4) is 11.4 Å². The molecular formula is C29H26N4O3. The molecule has 7 heteroatoms. The van der Waals surface area contributed by atoms with Crippen molar-refractivity contribution >= 4 is 22.2 Å². The van der Waals surface area contributed by atoms with E-state index in [-0.39, 0.29) is 5.92 Å². The van der Waals surface area contributed by atoms with Gasteiger partial charge in [-0.25, -0.2) is 9.78 Å². The summed E-state index contributed by atoms with van der Waals surface area (Å²) in [7, 11) is 0.